The molecule has 2 rings (SSSR count). The molecular weight excluding hydrogens is 314 g/mol. The highest BCUT2D eigenvalue weighted by molar-refractivity contribution is 6.30. The molecule has 1 heterocycles. The molecule has 0 spiro atoms. The summed E-state index contributed by atoms with van der Waals surface area (Å²) in [5.41, 5.74) is 0.600. The number of nitrogens with one attached hydrogen (secondary N) is 1. The molecule has 1 unspecified atom stereocenters. The lowest BCUT2D eigenvalue weighted by Gasteiger charge is -2.23. The molecule has 0 fully saturated rings. The van der Waals surface area contributed by atoms with Crippen molar-refractivity contribution in [1.82, 2.24) is 5.32 Å². The van der Waals surface area contributed by atoms with Crippen LogP contribution in [0, 0.1) is 13.8 Å². The van der Waals surface area contributed by atoms with Gasteiger partial charge in [0.2, 0.25) is 5.91 Å². The topological polar surface area (TPSA) is 62.5 Å². The normalized spacial score (nSPS) is 13.6. The van der Waals surface area contributed by atoms with Crippen LogP contribution in [0.25, 0.3) is 0 Å². The molecule has 23 heavy (non-hydrogen) atoms. The minimum atomic E-state index is -1.15. The van der Waals surface area contributed by atoms with E-state index in [2.05, 4.69) is 5.32 Å². The van der Waals surface area contributed by atoms with E-state index in [0.29, 0.717) is 29.2 Å². The fourth-order valence-electron chi connectivity index (χ4n) is 2.53. The summed E-state index contributed by atoms with van der Waals surface area (Å²) in [5.74, 6) is 1.31. The third-order valence-corrected chi connectivity index (χ3v) is 4.06. The fourth-order valence-corrected chi connectivity index (χ4v) is 2.65. The van der Waals surface area contributed by atoms with Crippen LogP contribution in [0.5, 0.6) is 0 Å². The number of furan rings is 1. The van der Waals surface area contributed by atoms with Crippen molar-refractivity contribution in [2.45, 2.75) is 39.2 Å². The molecule has 0 aliphatic heterocycles. The highest BCUT2D eigenvalue weighted by Crippen LogP contribution is 2.26. The van der Waals surface area contributed by atoms with Crippen LogP contribution >= 0.6 is 11.6 Å². The van der Waals surface area contributed by atoms with E-state index >= 15 is 0 Å². The summed E-state index contributed by atoms with van der Waals surface area (Å²) in [6.45, 7) is 5.45. The maximum absolute atomic E-state index is 12.0. The minimum absolute atomic E-state index is 0.0990. The van der Waals surface area contributed by atoms with Crippen molar-refractivity contribution in [2.75, 3.05) is 6.54 Å². The average Bonchev–Trinajstić information content (AvgIpc) is 2.84. The lowest BCUT2D eigenvalue weighted by molar-refractivity contribution is -0.122. The average molecular weight is 336 g/mol. The molecule has 2 N–H and O–H groups in total. The van der Waals surface area contributed by atoms with Crippen LogP contribution in [0.4, 0.5) is 0 Å². The predicted molar refractivity (Wildman–Crippen MR) is 90.5 cm³/mol. The van der Waals surface area contributed by atoms with E-state index in [-0.39, 0.29) is 12.5 Å². The maximum Gasteiger partial charge on any atom is 0.220 e. The number of hydrogen-bond acceptors (Lipinski definition) is 3. The molecule has 4 nitrogen and oxygen atoms in total. The van der Waals surface area contributed by atoms with Gasteiger partial charge in [0.25, 0.3) is 0 Å². The van der Waals surface area contributed by atoms with Crippen LogP contribution in [0.3, 0.4) is 0 Å². The van der Waals surface area contributed by atoms with Gasteiger partial charge in [0.05, 0.1) is 6.54 Å². The summed E-state index contributed by atoms with van der Waals surface area (Å²) in [5, 5.41) is 14.0. The van der Waals surface area contributed by atoms with Crippen LogP contribution in [-0.2, 0) is 16.8 Å². The lowest BCUT2D eigenvalue weighted by atomic mass is 9.96. The highest BCUT2D eigenvalue weighted by Gasteiger charge is 2.28. The smallest absolute Gasteiger partial charge is 0.220 e. The van der Waals surface area contributed by atoms with Gasteiger partial charge in [-0.25, -0.2) is 0 Å². The molecule has 5 heteroatoms. The minimum Gasteiger partial charge on any atom is -0.466 e. The number of halogens is 1. The second-order valence-electron chi connectivity index (χ2n) is 6.00. The molecule has 0 aliphatic carbocycles. The summed E-state index contributed by atoms with van der Waals surface area (Å²) < 4.78 is 5.44. The molecular formula is C18H22ClNO3. The van der Waals surface area contributed by atoms with E-state index in [1.54, 1.807) is 19.9 Å². The molecule has 1 aromatic carbocycles. The van der Waals surface area contributed by atoms with Crippen molar-refractivity contribution in [2.24, 2.45) is 0 Å². The Hall–Kier alpha value is -1.78. The fraction of sp³-hybridized carbons (Fsp3) is 0.389. The zero-order valence-electron chi connectivity index (χ0n) is 13.6. The first-order valence-corrected chi connectivity index (χ1v) is 7.97. The molecule has 0 saturated carbocycles. The van der Waals surface area contributed by atoms with E-state index in [4.69, 9.17) is 16.0 Å². The Morgan fingerprint density at radius 3 is 2.52 bits per heavy atom. The van der Waals surface area contributed by atoms with E-state index in [1.807, 2.05) is 31.2 Å². The molecule has 1 atom stereocenters. The largest absolute Gasteiger partial charge is 0.466 e. The van der Waals surface area contributed by atoms with Crippen LogP contribution in [0.2, 0.25) is 5.02 Å². The number of benzene rings is 1. The van der Waals surface area contributed by atoms with Gasteiger partial charge in [-0.1, -0.05) is 23.7 Å². The Labute approximate surface area is 141 Å². The van der Waals surface area contributed by atoms with Crippen LogP contribution in [0.1, 0.15) is 36.0 Å². The summed E-state index contributed by atoms with van der Waals surface area (Å²) in [6, 6.07) is 9.23. The zero-order valence-corrected chi connectivity index (χ0v) is 14.4. The summed E-state index contributed by atoms with van der Waals surface area (Å²) in [6.07, 6.45) is 0.996. The zero-order chi connectivity index (χ0) is 17.0. The van der Waals surface area contributed by atoms with Crippen molar-refractivity contribution in [1.29, 1.82) is 0 Å². The maximum atomic E-state index is 12.0. The van der Waals surface area contributed by atoms with Crippen molar-refractivity contribution in [3.63, 3.8) is 0 Å². The number of amides is 1. The molecule has 0 bridgehead atoms. The first kappa shape index (κ1) is 17.6. The molecule has 1 aromatic heterocycles. The van der Waals surface area contributed by atoms with Crippen LogP contribution in [-0.4, -0.2) is 17.6 Å². The first-order chi connectivity index (χ1) is 10.8. The van der Waals surface area contributed by atoms with Crippen LogP contribution in [0.15, 0.2) is 34.7 Å². The van der Waals surface area contributed by atoms with Gasteiger partial charge in [-0.3, -0.25) is 4.79 Å². The Bertz CT molecular complexity index is 674. The van der Waals surface area contributed by atoms with Crippen molar-refractivity contribution in [3.05, 3.63) is 58.0 Å². The number of aliphatic hydroxyl groups is 1. The Kier molecular flexibility index (Phi) is 5.50. The standard InChI is InChI=1S/C18H22ClNO3/c1-12-10-16(13(2)23-12)18(3,22)11-20-17(21)9-6-14-4-7-15(19)8-5-14/h4-5,7-8,10,22H,6,9,11H2,1-3H3,(H,20,21). The third-order valence-electron chi connectivity index (χ3n) is 3.80. The van der Waals surface area contributed by atoms with Gasteiger partial charge in [0.1, 0.15) is 17.1 Å². The number of carbonyl (C=O) groups excluding carboxylic acids is 1. The van der Waals surface area contributed by atoms with Gasteiger partial charge in [0, 0.05) is 17.0 Å². The Morgan fingerprint density at radius 1 is 1.30 bits per heavy atom. The van der Waals surface area contributed by atoms with E-state index in [9.17, 15) is 9.90 Å². The van der Waals surface area contributed by atoms with Crippen LogP contribution < -0.4 is 5.32 Å². The van der Waals surface area contributed by atoms with Gasteiger partial charge >= 0.3 is 0 Å². The number of hydrogen-bond donors (Lipinski definition) is 2. The lowest BCUT2D eigenvalue weighted by Crippen LogP contribution is -2.38. The molecule has 0 saturated heterocycles. The number of carbonyl (C=O) groups is 1. The van der Waals surface area contributed by atoms with Crippen molar-refractivity contribution < 1.29 is 14.3 Å². The SMILES string of the molecule is Cc1cc(C(C)(O)CNC(=O)CCc2ccc(Cl)cc2)c(C)o1. The molecule has 1 amide bonds. The monoisotopic (exact) mass is 335 g/mol. The first-order valence-electron chi connectivity index (χ1n) is 7.59. The number of rotatable bonds is 6. The van der Waals surface area contributed by atoms with Gasteiger partial charge in [-0.15, -0.1) is 0 Å². The highest BCUT2D eigenvalue weighted by atomic mass is 35.5. The van der Waals surface area contributed by atoms with E-state index in [1.165, 1.54) is 0 Å². The predicted octanol–water partition coefficient (Wildman–Crippen LogP) is 3.51. The summed E-state index contributed by atoms with van der Waals surface area (Å²) in [4.78, 5) is 12.0. The van der Waals surface area contributed by atoms with Gasteiger partial charge in [-0.05, 0) is 51.0 Å². The van der Waals surface area contributed by atoms with E-state index < -0.39 is 5.60 Å². The summed E-state index contributed by atoms with van der Waals surface area (Å²) in [7, 11) is 0. The van der Waals surface area contributed by atoms with Gasteiger partial charge in [0.15, 0.2) is 0 Å². The molecule has 0 radical (unpaired) electrons. The third kappa shape index (κ3) is 4.85. The summed E-state index contributed by atoms with van der Waals surface area (Å²) >= 11 is 5.83. The van der Waals surface area contributed by atoms with Gasteiger partial charge in [-0.2, -0.15) is 0 Å². The molecule has 124 valence electrons. The van der Waals surface area contributed by atoms with E-state index in [0.717, 1.165) is 11.3 Å². The van der Waals surface area contributed by atoms with Crippen molar-refractivity contribution >= 4 is 17.5 Å². The van der Waals surface area contributed by atoms with Gasteiger partial charge < -0.3 is 14.8 Å². The molecule has 0 aliphatic rings. The molecule has 2 aromatic rings. The second-order valence-corrected chi connectivity index (χ2v) is 6.44. The Morgan fingerprint density at radius 2 is 1.96 bits per heavy atom. The second kappa shape index (κ2) is 7.20. The quantitative estimate of drug-likeness (QED) is 0.849. The number of aryl methyl sites for hydroxylation is 3. The Balaban J connectivity index is 1.86. The van der Waals surface area contributed by atoms with Crippen molar-refractivity contribution in [3.8, 4) is 0 Å².